The van der Waals surface area contributed by atoms with Crippen molar-refractivity contribution >= 4 is 11.7 Å². The molecule has 0 aromatic heterocycles. The second-order valence-corrected chi connectivity index (χ2v) is 4.71. The van der Waals surface area contributed by atoms with Crippen molar-refractivity contribution in [2.75, 3.05) is 27.9 Å². The number of hydrogen-bond acceptors (Lipinski definition) is 5. The molecular weight excluding hydrogens is 274 g/mol. The van der Waals surface area contributed by atoms with Gasteiger partial charge in [0.1, 0.15) is 5.75 Å². The molecule has 0 saturated carbocycles. The average molecular weight is 295 g/mol. The molecule has 0 unspecified atom stereocenters. The lowest BCUT2D eigenvalue weighted by atomic mass is 10.1. The predicted molar refractivity (Wildman–Crippen MR) is 78.3 cm³/mol. The predicted octanol–water partition coefficient (Wildman–Crippen LogP) is 1.67. The van der Waals surface area contributed by atoms with Gasteiger partial charge in [0.25, 0.3) is 5.91 Å². The van der Waals surface area contributed by atoms with Crippen molar-refractivity contribution in [2.24, 2.45) is 5.92 Å². The number of ether oxygens (including phenoxy) is 3. The number of nitrogens with one attached hydrogen (secondary N) is 1. The van der Waals surface area contributed by atoms with Gasteiger partial charge in [-0.05, 0) is 0 Å². The van der Waals surface area contributed by atoms with Crippen molar-refractivity contribution in [1.29, 1.82) is 0 Å². The molecule has 1 N–H and O–H groups in total. The van der Waals surface area contributed by atoms with Crippen LogP contribution in [0.5, 0.6) is 17.2 Å². The molecule has 1 aromatic carbocycles. The molecule has 1 aromatic rings. The molecule has 0 fully saturated rings. The highest BCUT2D eigenvalue weighted by atomic mass is 16.5. The first-order valence-electron chi connectivity index (χ1n) is 6.55. The van der Waals surface area contributed by atoms with E-state index in [9.17, 15) is 9.59 Å². The fourth-order valence-electron chi connectivity index (χ4n) is 1.67. The van der Waals surface area contributed by atoms with Gasteiger partial charge in [0.05, 0.1) is 33.4 Å². The summed E-state index contributed by atoms with van der Waals surface area (Å²) in [7, 11) is 4.43. The van der Waals surface area contributed by atoms with E-state index < -0.39 is 5.91 Å². The Hall–Kier alpha value is -2.24. The van der Waals surface area contributed by atoms with Gasteiger partial charge in [-0.2, -0.15) is 0 Å². The van der Waals surface area contributed by atoms with Crippen LogP contribution in [-0.2, 0) is 4.79 Å². The summed E-state index contributed by atoms with van der Waals surface area (Å²) in [5.41, 5.74) is 0.284. The van der Waals surface area contributed by atoms with E-state index in [1.807, 2.05) is 0 Å². The summed E-state index contributed by atoms with van der Waals surface area (Å²) in [6, 6.07) is 3.09. The Labute approximate surface area is 124 Å². The van der Waals surface area contributed by atoms with Gasteiger partial charge in [-0.3, -0.25) is 9.59 Å². The van der Waals surface area contributed by atoms with Gasteiger partial charge in [-0.1, -0.05) is 13.8 Å². The number of amides is 1. The highest BCUT2D eigenvalue weighted by Crippen LogP contribution is 2.34. The van der Waals surface area contributed by atoms with E-state index in [1.54, 1.807) is 19.9 Å². The highest BCUT2D eigenvalue weighted by Gasteiger charge is 2.18. The summed E-state index contributed by atoms with van der Waals surface area (Å²) in [5, 5.41) is 2.58. The molecule has 0 atom stereocenters. The van der Waals surface area contributed by atoms with Gasteiger partial charge in [0.15, 0.2) is 17.3 Å². The normalized spacial score (nSPS) is 10.2. The molecule has 6 nitrogen and oxygen atoms in total. The monoisotopic (exact) mass is 295 g/mol. The van der Waals surface area contributed by atoms with E-state index in [1.165, 1.54) is 27.4 Å². The maximum absolute atomic E-state index is 12.2. The summed E-state index contributed by atoms with van der Waals surface area (Å²) < 4.78 is 15.5. The van der Waals surface area contributed by atoms with Crippen molar-refractivity contribution < 1.29 is 23.8 Å². The molecular formula is C15H21NO5. The summed E-state index contributed by atoms with van der Waals surface area (Å²) in [4.78, 5) is 23.7. The second-order valence-electron chi connectivity index (χ2n) is 4.71. The van der Waals surface area contributed by atoms with Gasteiger partial charge in [0.2, 0.25) is 0 Å². The number of benzene rings is 1. The Balaban J connectivity index is 3.00. The summed E-state index contributed by atoms with van der Waals surface area (Å²) in [6.45, 7) is 3.55. The SMILES string of the molecule is COc1cc(OC)c(C(=O)NCC(=O)C(C)C)cc1OC. The van der Waals surface area contributed by atoms with Crippen molar-refractivity contribution in [2.45, 2.75) is 13.8 Å². The van der Waals surface area contributed by atoms with Crippen LogP contribution in [0.1, 0.15) is 24.2 Å². The minimum atomic E-state index is -0.401. The molecule has 0 radical (unpaired) electrons. The minimum Gasteiger partial charge on any atom is -0.496 e. The average Bonchev–Trinajstić information content (AvgIpc) is 2.50. The van der Waals surface area contributed by atoms with Crippen LogP contribution in [0.25, 0.3) is 0 Å². The lowest BCUT2D eigenvalue weighted by Gasteiger charge is -2.14. The molecule has 0 saturated heterocycles. The first kappa shape index (κ1) is 16.8. The van der Waals surface area contributed by atoms with Crippen LogP contribution in [0, 0.1) is 5.92 Å². The summed E-state index contributed by atoms with van der Waals surface area (Å²) in [6.07, 6.45) is 0. The number of Topliss-reactive ketones (excluding diaryl/α,β-unsaturated/α-hetero) is 1. The van der Waals surface area contributed by atoms with E-state index in [2.05, 4.69) is 5.32 Å². The van der Waals surface area contributed by atoms with Crippen molar-refractivity contribution in [3.05, 3.63) is 17.7 Å². The fraction of sp³-hybridized carbons (Fsp3) is 0.467. The Morgan fingerprint density at radius 2 is 1.52 bits per heavy atom. The molecule has 0 aliphatic heterocycles. The lowest BCUT2D eigenvalue weighted by Crippen LogP contribution is -2.31. The third-order valence-corrected chi connectivity index (χ3v) is 3.02. The van der Waals surface area contributed by atoms with Gasteiger partial charge >= 0.3 is 0 Å². The fourth-order valence-corrected chi connectivity index (χ4v) is 1.67. The molecule has 0 aliphatic carbocycles. The molecule has 0 aliphatic rings. The summed E-state index contributed by atoms with van der Waals surface area (Å²) >= 11 is 0. The zero-order valence-corrected chi connectivity index (χ0v) is 13.0. The topological polar surface area (TPSA) is 73.9 Å². The largest absolute Gasteiger partial charge is 0.496 e. The van der Waals surface area contributed by atoms with Gasteiger partial charge < -0.3 is 19.5 Å². The summed E-state index contributed by atoms with van der Waals surface area (Å²) in [5.74, 6) is 0.659. The number of methoxy groups -OCH3 is 3. The van der Waals surface area contributed by atoms with Crippen LogP contribution in [0.2, 0.25) is 0 Å². The molecule has 1 rings (SSSR count). The first-order chi connectivity index (χ1) is 9.94. The van der Waals surface area contributed by atoms with E-state index in [-0.39, 0.29) is 23.8 Å². The van der Waals surface area contributed by atoms with E-state index >= 15 is 0 Å². The minimum absolute atomic E-state index is 0.0198. The van der Waals surface area contributed by atoms with Crippen molar-refractivity contribution in [3.8, 4) is 17.2 Å². The Morgan fingerprint density at radius 3 is 2.00 bits per heavy atom. The maximum atomic E-state index is 12.2. The first-order valence-corrected chi connectivity index (χ1v) is 6.55. The lowest BCUT2D eigenvalue weighted by molar-refractivity contribution is -0.120. The number of ketones is 1. The molecule has 0 spiro atoms. The Bertz CT molecular complexity index is 525. The maximum Gasteiger partial charge on any atom is 0.255 e. The Morgan fingerprint density at radius 1 is 1.00 bits per heavy atom. The molecule has 0 heterocycles. The van der Waals surface area contributed by atoms with Crippen molar-refractivity contribution in [3.63, 3.8) is 0 Å². The third kappa shape index (κ3) is 4.11. The van der Waals surface area contributed by atoms with Crippen LogP contribution >= 0.6 is 0 Å². The number of carbonyl (C=O) groups is 2. The molecule has 21 heavy (non-hydrogen) atoms. The Kier molecular flexibility index (Phi) is 6.02. The van der Waals surface area contributed by atoms with Crippen LogP contribution in [-0.4, -0.2) is 39.6 Å². The van der Waals surface area contributed by atoms with Crippen molar-refractivity contribution in [1.82, 2.24) is 5.32 Å². The molecule has 0 bridgehead atoms. The second kappa shape index (κ2) is 7.52. The zero-order chi connectivity index (χ0) is 16.0. The smallest absolute Gasteiger partial charge is 0.255 e. The van der Waals surface area contributed by atoms with E-state index in [0.29, 0.717) is 17.2 Å². The standard InChI is InChI=1S/C15H21NO5/c1-9(2)11(17)8-16-15(18)10-6-13(20-4)14(21-5)7-12(10)19-3/h6-7,9H,8H2,1-5H3,(H,16,18). The zero-order valence-electron chi connectivity index (χ0n) is 13.0. The van der Waals surface area contributed by atoms with Crippen LogP contribution in [0.4, 0.5) is 0 Å². The third-order valence-electron chi connectivity index (χ3n) is 3.02. The number of rotatable bonds is 7. The van der Waals surface area contributed by atoms with Gasteiger partial charge in [0, 0.05) is 18.1 Å². The molecule has 6 heteroatoms. The quantitative estimate of drug-likeness (QED) is 0.828. The van der Waals surface area contributed by atoms with Crippen LogP contribution in [0.15, 0.2) is 12.1 Å². The van der Waals surface area contributed by atoms with E-state index in [4.69, 9.17) is 14.2 Å². The highest BCUT2D eigenvalue weighted by molar-refractivity contribution is 5.99. The van der Waals surface area contributed by atoms with Gasteiger partial charge in [-0.15, -0.1) is 0 Å². The van der Waals surface area contributed by atoms with Gasteiger partial charge in [-0.25, -0.2) is 0 Å². The molecule has 1 amide bonds. The van der Waals surface area contributed by atoms with Crippen LogP contribution in [0.3, 0.4) is 0 Å². The molecule has 116 valence electrons. The van der Waals surface area contributed by atoms with E-state index in [0.717, 1.165) is 0 Å². The number of hydrogen-bond donors (Lipinski definition) is 1. The number of carbonyl (C=O) groups excluding carboxylic acids is 2. The van der Waals surface area contributed by atoms with Crippen LogP contribution < -0.4 is 19.5 Å².